The fourth-order valence-corrected chi connectivity index (χ4v) is 2.93. The predicted octanol–water partition coefficient (Wildman–Crippen LogP) is 4.55. The van der Waals surface area contributed by atoms with Crippen LogP contribution in [0.4, 0.5) is 0 Å². The van der Waals surface area contributed by atoms with Gasteiger partial charge in [0.05, 0.1) is 17.8 Å². The highest BCUT2D eigenvalue weighted by Gasteiger charge is 2.16. The van der Waals surface area contributed by atoms with Gasteiger partial charge in [-0.15, -0.1) is 0 Å². The Kier molecular flexibility index (Phi) is 5.04. The van der Waals surface area contributed by atoms with Crippen molar-refractivity contribution in [1.29, 1.82) is 0 Å². The fraction of sp³-hybridized carbons (Fsp3) is 0.316. The van der Waals surface area contributed by atoms with E-state index in [0.29, 0.717) is 10.6 Å². The summed E-state index contributed by atoms with van der Waals surface area (Å²) in [5.74, 6) is -0.145. The molecule has 0 aliphatic rings. The Labute approximate surface area is 152 Å². The van der Waals surface area contributed by atoms with Crippen molar-refractivity contribution >= 4 is 28.5 Å². The van der Waals surface area contributed by atoms with E-state index in [1.54, 1.807) is 12.4 Å². The normalized spacial score (nSPS) is 12.5. The van der Waals surface area contributed by atoms with E-state index in [1.807, 2.05) is 55.8 Å². The molecule has 2 aromatic heterocycles. The zero-order valence-electron chi connectivity index (χ0n) is 14.5. The third kappa shape index (κ3) is 3.66. The number of benzene rings is 1. The second-order valence-electron chi connectivity index (χ2n) is 6.31. The predicted molar refractivity (Wildman–Crippen MR) is 99.9 cm³/mol. The molecule has 0 bridgehead atoms. The largest absolute Gasteiger partial charge is 0.345 e. The molecule has 1 amide bonds. The number of halogens is 1. The zero-order chi connectivity index (χ0) is 18.0. The Hall–Kier alpha value is -2.40. The minimum Gasteiger partial charge on any atom is -0.345 e. The molecule has 0 radical (unpaired) electrons. The second kappa shape index (κ2) is 7.23. The lowest BCUT2D eigenvalue weighted by Gasteiger charge is -2.17. The van der Waals surface area contributed by atoms with E-state index in [9.17, 15) is 4.79 Å². The van der Waals surface area contributed by atoms with E-state index < -0.39 is 0 Å². The first-order valence-corrected chi connectivity index (χ1v) is 8.77. The first-order valence-electron chi connectivity index (χ1n) is 8.39. The van der Waals surface area contributed by atoms with Gasteiger partial charge in [0.1, 0.15) is 0 Å². The smallest absolute Gasteiger partial charge is 0.253 e. The Morgan fingerprint density at radius 2 is 1.96 bits per heavy atom. The minimum atomic E-state index is -0.145. The molecule has 6 heteroatoms. The molecule has 0 aliphatic heterocycles. The number of amides is 1. The average Bonchev–Trinajstić information content (AvgIpc) is 3.03. The molecule has 1 atom stereocenters. The van der Waals surface area contributed by atoms with Crippen molar-refractivity contribution in [1.82, 2.24) is 20.1 Å². The van der Waals surface area contributed by atoms with E-state index in [0.717, 1.165) is 23.0 Å². The molecule has 0 fully saturated rings. The van der Waals surface area contributed by atoms with E-state index in [-0.39, 0.29) is 18.0 Å². The van der Waals surface area contributed by atoms with Crippen molar-refractivity contribution in [2.24, 2.45) is 0 Å². The number of pyridine rings is 1. The van der Waals surface area contributed by atoms with Crippen LogP contribution >= 0.6 is 11.6 Å². The lowest BCUT2D eigenvalue weighted by atomic mass is 10.0. The second-order valence-corrected chi connectivity index (χ2v) is 6.74. The lowest BCUT2D eigenvalue weighted by Crippen LogP contribution is -2.28. The van der Waals surface area contributed by atoms with Crippen LogP contribution in [0.5, 0.6) is 0 Å². The molecular weight excluding hydrogens is 336 g/mol. The summed E-state index contributed by atoms with van der Waals surface area (Å²) in [6, 6.07) is 9.52. The number of fused-ring (bicyclic) bond motifs is 1. The van der Waals surface area contributed by atoms with Gasteiger partial charge in [0, 0.05) is 22.6 Å². The molecule has 2 heterocycles. The summed E-state index contributed by atoms with van der Waals surface area (Å²) in [4.78, 5) is 17.1. The van der Waals surface area contributed by atoms with Crippen molar-refractivity contribution in [3.8, 4) is 0 Å². The van der Waals surface area contributed by atoms with Gasteiger partial charge in [-0.1, -0.05) is 30.7 Å². The number of nitrogens with one attached hydrogen (secondary N) is 1. The molecule has 5 nitrogen and oxygen atoms in total. The maximum Gasteiger partial charge on any atom is 0.253 e. The van der Waals surface area contributed by atoms with Gasteiger partial charge in [-0.2, -0.15) is 5.10 Å². The summed E-state index contributed by atoms with van der Waals surface area (Å²) < 4.78 is 1.85. The van der Waals surface area contributed by atoms with Crippen LogP contribution in [0, 0.1) is 0 Å². The van der Waals surface area contributed by atoms with Gasteiger partial charge < -0.3 is 5.32 Å². The van der Waals surface area contributed by atoms with Crippen molar-refractivity contribution in [2.45, 2.75) is 39.3 Å². The van der Waals surface area contributed by atoms with Crippen LogP contribution < -0.4 is 5.32 Å². The van der Waals surface area contributed by atoms with Crippen molar-refractivity contribution in [3.63, 3.8) is 0 Å². The average molecular weight is 357 g/mol. The van der Waals surface area contributed by atoms with Gasteiger partial charge in [-0.3, -0.25) is 4.79 Å². The molecule has 0 spiro atoms. The van der Waals surface area contributed by atoms with Crippen LogP contribution in [0.25, 0.3) is 11.0 Å². The molecule has 0 aliphatic carbocycles. The molecule has 3 rings (SSSR count). The SMILES string of the molecule is CC[C@@H](NC(=O)c1cnc2c(cnn2C(C)C)c1)c1ccc(Cl)cc1. The molecule has 0 unspecified atom stereocenters. The summed E-state index contributed by atoms with van der Waals surface area (Å²) in [5.41, 5.74) is 2.35. The van der Waals surface area contributed by atoms with E-state index in [4.69, 9.17) is 11.6 Å². The maximum absolute atomic E-state index is 12.6. The number of hydrogen-bond donors (Lipinski definition) is 1. The standard InChI is InChI=1S/C19H21ClN4O/c1-4-17(13-5-7-16(20)8-6-13)23-19(25)15-9-14-11-22-24(12(2)3)18(14)21-10-15/h5-12,17H,4H2,1-3H3,(H,23,25)/t17-/m1/s1. The Balaban J connectivity index is 1.82. The Bertz CT molecular complexity index is 886. The minimum absolute atomic E-state index is 0.0705. The maximum atomic E-state index is 12.6. The fourth-order valence-electron chi connectivity index (χ4n) is 2.80. The molecular formula is C19H21ClN4O. The molecule has 25 heavy (non-hydrogen) atoms. The van der Waals surface area contributed by atoms with Crippen molar-refractivity contribution in [2.75, 3.05) is 0 Å². The molecule has 0 saturated carbocycles. The summed E-state index contributed by atoms with van der Waals surface area (Å²) in [6.07, 6.45) is 4.14. The van der Waals surface area contributed by atoms with Gasteiger partial charge in [0.2, 0.25) is 0 Å². The molecule has 130 valence electrons. The number of carbonyl (C=O) groups excluding carboxylic acids is 1. The van der Waals surface area contributed by atoms with Crippen LogP contribution in [0.3, 0.4) is 0 Å². The van der Waals surface area contributed by atoms with E-state index in [1.165, 1.54) is 0 Å². The zero-order valence-corrected chi connectivity index (χ0v) is 15.3. The van der Waals surface area contributed by atoms with E-state index in [2.05, 4.69) is 15.4 Å². The summed E-state index contributed by atoms with van der Waals surface area (Å²) >= 11 is 5.94. The summed E-state index contributed by atoms with van der Waals surface area (Å²) in [7, 11) is 0. The van der Waals surface area contributed by atoms with Crippen molar-refractivity contribution in [3.05, 3.63) is 58.9 Å². The van der Waals surface area contributed by atoms with Crippen LogP contribution in [-0.4, -0.2) is 20.7 Å². The highest BCUT2D eigenvalue weighted by atomic mass is 35.5. The highest BCUT2D eigenvalue weighted by molar-refractivity contribution is 6.30. The first kappa shape index (κ1) is 17.4. The van der Waals surface area contributed by atoms with Gasteiger partial charge >= 0.3 is 0 Å². The lowest BCUT2D eigenvalue weighted by molar-refractivity contribution is 0.0935. The Morgan fingerprint density at radius 3 is 2.60 bits per heavy atom. The number of rotatable bonds is 5. The van der Waals surface area contributed by atoms with Crippen LogP contribution in [-0.2, 0) is 0 Å². The summed E-state index contributed by atoms with van der Waals surface area (Å²) in [5, 5.41) is 8.95. The van der Waals surface area contributed by atoms with Crippen LogP contribution in [0.15, 0.2) is 42.7 Å². The van der Waals surface area contributed by atoms with E-state index >= 15 is 0 Å². The monoisotopic (exact) mass is 356 g/mol. The molecule has 1 N–H and O–H groups in total. The third-order valence-corrected chi connectivity index (χ3v) is 4.42. The first-order chi connectivity index (χ1) is 12.0. The van der Waals surface area contributed by atoms with Gasteiger partial charge in [-0.25, -0.2) is 9.67 Å². The number of nitrogens with zero attached hydrogens (tertiary/aromatic N) is 3. The number of hydrogen-bond acceptors (Lipinski definition) is 3. The van der Waals surface area contributed by atoms with Gasteiger partial charge in [0.15, 0.2) is 5.65 Å². The van der Waals surface area contributed by atoms with Gasteiger partial charge in [-0.05, 0) is 44.0 Å². The van der Waals surface area contributed by atoms with Gasteiger partial charge in [0.25, 0.3) is 5.91 Å². The Morgan fingerprint density at radius 1 is 1.24 bits per heavy atom. The number of carbonyl (C=O) groups is 1. The molecule has 3 aromatic rings. The number of aromatic nitrogens is 3. The van der Waals surface area contributed by atoms with Crippen LogP contribution in [0.1, 0.15) is 55.2 Å². The van der Waals surface area contributed by atoms with Crippen molar-refractivity contribution < 1.29 is 4.79 Å². The topological polar surface area (TPSA) is 59.8 Å². The highest BCUT2D eigenvalue weighted by Crippen LogP contribution is 2.21. The molecule has 0 saturated heterocycles. The van der Waals surface area contributed by atoms with Crippen LogP contribution in [0.2, 0.25) is 5.02 Å². The third-order valence-electron chi connectivity index (χ3n) is 4.17. The summed E-state index contributed by atoms with van der Waals surface area (Å²) in [6.45, 7) is 6.13. The quantitative estimate of drug-likeness (QED) is 0.729. The molecule has 1 aromatic carbocycles.